The number of aromatic nitrogens is 1. The Morgan fingerprint density at radius 1 is 0.886 bits per heavy atom. The summed E-state index contributed by atoms with van der Waals surface area (Å²) in [6.45, 7) is 7.99. The molecule has 2 amide bonds. The van der Waals surface area contributed by atoms with Gasteiger partial charge in [-0.05, 0) is 70.3 Å². The number of thiazole rings is 1. The molecule has 9 heteroatoms. The molecule has 2 aliphatic heterocycles. The van der Waals surface area contributed by atoms with E-state index in [0.717, 1.165) is 16.8 Å². The summed E-state index contributed by atoms with van der Waals surface area (Å²) in [5.41, 5.74) is 8.10. The smallest absolute Gasteiger partial charge is 0.252 e. The molecular formula is C26H25N5O2S2. The number of nitrogens with one attached hydrogen (secondary N) is 1. The van der Waals surface area contributed by atoms with Crippen LogP contribution in [0.3, 0.4) is 0 Å². The van der Waals surface area contributed by atoms with Gasteiger partial charge in [-0.15, -0.1) is 11.3 Å². The lowest BCUT2D eigenvalue weighted by Crippen LogP contribution is -2.59. The van der Waals surface area contributed by atoms with E-state index >= 15 is 0 Å². The Morgan fingerprint density at radius 3 is 1.86 bits per heavy atom. The first kappa shape index (κ1) is 23.3. The van der Waals surface area contributed by atoms with Crippen LogP contribution in [0.5, 0.6) is 0 Å². The molecular weight excluding hydrogens is 478 g/mol. The Hall–Kier alpha value is -3.40. The van der Waals surface area contributed by atoms with E-state index in [1.165, 1.54) is 21.1 Å². The zero-order chi connectivity index (χ0) is 24.9. The Kier molecular flexibility index (Phi) is 6.00. The van der Waals surface area contributed by atoms with Crippen molar-refractivity contribution in [2.75, 3.05) is 14.8 Å². The maximum absolute atomic E-state index is 13.8. The molecule has 5 rings (SSSR count). The molecule has 178 valence electrons. The second-order valence-corrected chi connectivity index (χ2v) is 10.1. The number of anilines is 3. The van der Waals surface area contributed by atoms with Crippen LogP contribution >= 0.6 is 23.6 Å². The van der Waals surface area contributed by atoms with E-state index in [9.17, 15) is 9.59 Å². The third kappa shape index (κ3) is 4.16. The molecule has 1 fully saturated rings. The number of nitrogens with zero attached hydrogens (tertiary/aromatic N) is 4. The van der Waals surface area contributed by atoms with E-state index in [0.29, 0.717) is 22.2 Å². The molecule has 2 aliphatic rings. The van der Waals surface area contributed by atoms with E-state index in [-0.39, 0.29) is 11.2 Å². The number of carbonyl (C=O) groups excluding carboxylic acids is 2. The molecule has 0 radical (unpaired) electrons. The quantitative estimate of drug-likeness (QED) is 0.407. The van der Waals surface area contributed by atoms with Gasteiger partial charge in [-0.3, -0.25) is 24.4 Å². The van der Waals surface area contributed by atoms with Crippen LogP contribution in [0.1, 0.15) is 36.6 Å². The Morgan fingerprint density at radius 2 is 1.40 bits per heavy atom. The Balaban J connectivity index is 1.58. The SMILES string of the molecule is CC1=CC(C)NN1c1nc(C2C(=O)N(c3ccc(C)cc3)C(=S)N(c3ccc(C)cc3)C2=O)cs1. The third-order valence-corrected chi connectivity index (χ3v) is 7.28. The predicted molar refractivity (Wildman–Crippen MR) is 144 cm³/mol. The van der Waals surface area contributed by atoms with Crippen molar-refractivity contribution in [1.29, 1.82) is 0 Å². The van der Waals surface area contributed by atoms with Gasteiger partial charge in [0.1, 0.15) is 0 Å². The minimum atomic E-state index is -1.11. The largest absolute Gasteiger partial charge is 0.273 e. The highest BCUT2D eigenvalue weighted by Crippen LogP contribution is 2.36. The number of amides is 2. The molecule has 1 atom stereocenters. The number of aryl methyl sites for hydroxylation is 2. The summed E-state index contributed by atoms with van der Waals surface area (Å²) in [6, 6.07) is 15.2. The van der Waals surface area contributed by atoms with Gasteiger partial charge in [-0.2, -0.15) is 0 Å². The lowest BCUT2D eigenvalue weighted by atomic mass is 9.99. The highest BCUT2D eigenvalue weighted by molar-refractivity contribution is 7.81. The summed E-state index contributed by atoms with van der Waals surface area (Å²) in [5.74, 6) is -1.92. The van der Waals surface area contributed by atoms with Crippen molar-refractivity contribution in [3.63, 3.8) is 0 Å². The van der Waals surface area contributed by atoms with E-state index in [2.05, 4.69) is 11.5 Å². The van der Waals surface area contributed by atoms with Crippen LogP contribution in [-0.4, -0.2) is 28.0 Å². The van der Waals surface area contributed by atoms with Crippen LogP contribution in [0.25, 0.3) is 0 Å². The summed E-state index contributed by atoms with van der Waals surface area (Å²) < 4.78 is 0. The second kappa shape index (κ2) is 8.99. The maximum atomic E-state index is 13.8. The molecule has 0 saturated carbocycles. The van der Waals surface area contributed by atoms with E-state index in [4.69, 9.17) is 17.2 Å². The minimum Gasteiger partial charge on any atom is -0.273 e. The first-order valence-corrected chi connectivity index (χ1v) is 12.6. The first-order chi connectivity index (χ1) is 16.7. The number of rotatable bonds is 4. The standard InChI is InChI=1S/C26H25N5O2S2/c1-15-5-9-19(10-6-15)29-23(32)22(21-14-35-25(27-21)31-18(4)13-17(3)28-31)24(33)30(26(29)34)20-11-7-16(2)8-12-20/h5-14,17,22,28H,1-4H3. The number of hydrogen-bond donors (Lipinski definition) is 1. The predicted octanol–water partition coefficient (Wildman–Crippen LogP) is 4.83. The van der Waals surface area contributed by atoms with Crippen molar-refractivity contribution >= 4 is 57.0 Å². The van der Waals surface area contributed by atoms with Gasteiger partial charge in [0.15, 0.2) is 11.0 Å². The number of thiocarbonyl (C=S) groups is 1. The Bertz CT molecular complexity index is 1280. The fourth-order valence-corrected chi connectivity index (χ4v) is 5.53. The fraction of sp³-hybridized carbons (Fsp3) is 0.231. The van der Waals surface area contributed by atoms with Crippen LogP contribution < -0.4 is 20.2 Å². The van der Waals surface area contributed by atoms with E-state index < -0.39 is 17.7 Å². The highest BCUT2D eigenvalue weighted by Gasteiger charge is 2.47. The summed E-state index contributed by atoms with van der Waals surface area (Å²) in [4.78, 5) is 35.3. The van der Waals surface area contributed by atoms with E-state index in [1.54, 1.807) is 5.38 Å². The number of allylic oxidation sites excluding steroid dienone is 1. The van der Waals surface area contributed by atoms with E-state index in [1.807, 2.05) is 81.2 Å². The van der Waals surface area contributed by atoms with Crippen molar-refractivity contribution in [3.8, 4) is 0 Å². The zero-order valence-electron chi connectivity index (χ0n) is 19.9. The van der Waals surface area contributed by atoms with Gasteiger partial charge in [0.25, 0.3) is 11.8 Å². The summed E-state index contributed by atoms with van der Waals surface area (Å²) >= 11 is 7.11. The topological polar surface area (TPSA) is 68.8 Å². The molecule has 0 spiro atoms. The number of carbonyl (C=O) groups is 2. The van der Waals surface area contributed by atoms with Crippen molar-refractivity contribution in [2.24, 2.45) is 0 Å². The summed E-state index contributed by atoms with van der Waals surface area (Å²) in [6.07, 6.45) is 2.09. The normalized spacial score (nSPS) is 19.1. The number of hydrogen-bond acceptors (Lipinski definition) is 7. The molecule has 1 N–H and O–H groups in total. The zero-order valence-corrected chi connectivity index (χ0v) is 21.5. The van der Waals surface area contributed by atoms with Crippen LogP contribution in [0, 0.1) is 13.8 Å². The summed E-state index contributed by atoms with van der Waals surface area (Å²) in [7, 11) is 0. The lowest BCUT2D eigenvalue weighted by molar-refractivity contribution is -0.128. The van der Waals surface area contributed by atoms with Crippen molar-refractivity contribution in [2.45, 2.75) is 39.7 Å². The minimum absolute atomic E-state index is 0.133. The number of benzene rings is 2. The van der Waals surface area contributed by atoms with Crippen LogP contribution in [0.4, 0.5) is 16.5 Å². The van der Waals surface area contributed by atoms with Crippen molar-refractivity contribution in [1.82, 2.24) is 10.4 Å². The van der Waals surface area contributed by atoms with Crippen LogP contribution in [-0.2, 0) is 9.59 Å². The van der Waals surface area contributed by atoms with Gasteiger partial charge in [-0.1, -0.05) is 35.4 Å². The van der Waals surface area contributed by atoms with Gasteiger partial charge in [0.05, 0.1) is 17.1 Å². The van der Waals surface area contributed by atoms with Crippen LogP contribution in [0.2, 0.25) is 0 Å². The molecule has 1 unspecified atom stereocenters. The van der Waals surface area contributed by atoms with Crippen molar-refractivity contribution < 1.29 is 9.59 Å². The molecule has 0 bridgehead atoms. The average molecular weight is 504 g/mol. The third-order valence-electron chi connectivity index (χ3n) is 6.08. The molecule has 0 aliphatic carbocycles. The molecule has 1 saturated heterocycles. The van der Waals surface area contributed by atoms with Gasteiger partial charge < -0.3 is 0 Å². The molecule has 1 aromatic heterocycles. The highest BCUT2D eigenvalue weighted by atomic mass is 32.1. The van der Waals surface area contributed by atoms with Gasteiger partial charge in [-0.25, -0.2) is 10.4 Å². The fourth-order valence-electron chi connectivity index (χ4n) is 4.27. The van der Waals surface area contributed by atoms with Gasteiger partial charge in [0, 0.05) is 17.1 Å². The monoisotopic (exact) mass is 503 g/mol. The first-order valence-electron chi connectivity index (χ1n) is 11.3. The molecule has 2 aromatic carbocycles. The lowest BCUT2D eigenvalue weighted by Gasteiger charge is -2.39. The number of hydrazine groups is 1. The van der Waals surface area contributed by atoms with Gasteiger partial charge in [0.2, 0.25) is 5.13 Å². The molecule has 7 nitrogen and oxygen atoms in total. The maximum Gasteiger partial charge on any atom is 0.252 e. The molecule has 3 aromatic rings. The van der Waals surface area contributed by atoms with Gasteiger partial charge >= 0.3 is 0 Å². The molecule has 35 heavy (non-hydrogen) atoms. The van der Waals surface area contributed by atoms with Crippen molar-refractivity contribution in [3.05, 3.63) is 82.5 Å². The Labute approximate surface area is 213 Å². The second-order valence-electron chi connectivity index (χ2n) is 8.85. The van der Waals surface area contributed by atoms with Crippen LogP contribution in [0.15, 0.2) is 65.7 Å². The average Bonchev–Trinajstić information content (AvgIpc) is 3.42. The molecule has 3 heterocycles. The summed E-state index contributed by atoms with van der Waals surface area (Å²) in [5, 5.41) is 4.48.